The quantitative estimate of drug-likeness (QED) is 0.712. The van der Waals surface area contributed by atoms with Crippen LogP contribution in [0, 0.1) is 17.2 Å². The summed E-state index contributed by atoms with van der Waals surface area (Å²) in [5.41, 5.74) is -0.638. The van der Waals surface area contributed by atoms with Crippen LogP contribution >= 0.6 is 0 Å². The monoisotopic (exact) mass is 268 g/mol. The minimum absolute atomic E-state index is 0.218. The van der Waals surface area contributed by atoms with Gasteiger partial charge in [0, 0.05) is 6.54 Å². The first kappa shape index (κ1) is 15.3. The number of hydrogen-bond acceptors (Lipinski definition) is 5. The van der Waals surface area contributed by atoms with Gasteiger partial charge < -0.3 is 9.47 Å². The van der Waals surface area contributed by atoms with Crippen LogP contribution in [0.5, 0.6) is 0 Å². The molecule has 19 heavy (non-hydrogen) atoms. The fourth-order valence-corrected chi connectivity index (χ4v) is 1.97. The first-order valence-electron chi connectivity index (χ1n) is 6.36. The Balaban J connectivity index is 2.84. The molecule has 1 rings (SSSR count). The van der Waals surface area contributed by atoms with Gasteiger partial charge >= 0.3 is 12.1 Å². The highest BCUT2D eigenvalue weighted by Gasteiger charge is 2.44. The zero-order valence-electron chi connectivity index (χ0n) is 11.8. The zero-order chi connectivity index (χ0) is 14.6. The summed E-state index contributed by atoms with van der Waals surface area (Å²) in [5, 5.41) is 9.05. The number of nitriles is 1. The maximum atomic E-state index is 12.0. The number of carbonyl (C=O) groups is 2. The van der Waals surface area contributed by atoms with E-state index in [9.17, 15) is 9.59 Å². The third-order valence-electron chi connectivity index (χ3n) is 2.72. The summed E-state index contributed by atoms with van der Waals surface area (Å²) in [6.45, 7) is 7.49. The Labute approximate surface area is 113 Å². The maximum absolute atomic E-state index is 12.0. The Kier molecular flexibility index (Phi) is 4.76. The Hall–Kier alpha value is -1.77. The molecule has 1 saturated heterocycles. The van der Waals surface area contributed by atoms with Crippen molar-refractivity contribution >= 4 is 12.1 Å². The van der Waals surface area contributed by atoms with Gasteiger partial charge in [0.2, 0.25) is 0 Å². The maximum Gasteiger partial charge on any atom is 0.411 e. The Morgan fingerprint density at radius 1 is 1.42 bits per heavy atom. The summed E-state index contributed by atoms with van der Waals surface area (Å²) in [6.07, 6.45) is -0.123. The molecule has 0 spiro atoms. The van der Waals surface area contributed by atoms with Gasteiger partial charge in [0.05, 0.1) is 18.6 Å². The molecule has 0 radical (unpaired) electrons. The number of likely N-dealkylation sites (tertiary alicyclic amines) is 1. The smallest absolute Gasteiger partial charge is 0.411 e. The molecule has 1 amide bonds. The highest BCUT2D eigenvalue weighted by molar-refractivity contribution is 5.83. The second-order valence-electron chi connectivity index (χ2n) is 5.39. The molecule has 0 unspecified atom stereocenters. The average molecular weight is 268 g/mol. The number of amides is 1. The highest BCUT2D eigenvalue weighted by Crippen LogP contribution is 2.26. The molecule has 2 atom stereocenters. The zero-order valence-corrected chi connectivity index (χ0v) is 11.8. The van der Waals surface area contributed by atoms with E-state index in [-0.39, 0.29) is 6.61 Å². The Morgan fingerprint density at radius 3 is 2.53 bits per heavy atom. The third kappa shape index (κ3) is 3.85. The van der Waals surface area contributed by atoms with E-state index in [1.165, 1.54) is 4.90 Å². The molecule has 0 aromatic carbocycles. The minimum atomic E-state index is -0.861. The van der Waals surface area contributed by atoms with Crippen molar-refractivity contribution in [2.75, 3.05) is 13.2 Å². The van der Waals surface area contributed by atoms with Crippen LogP contribution in [0.15, 0.2) is 0 Å². The molecule has 1 aliphatic rings. The predicted molar refractivity (Wildman–Crippen MR) is 67.1 cm³/mol. The largest absolute Gasteiger partial charge is 0.464 e. The SMILES string of the molecule is CCOC(=O)[C@H]1[C@H](C#N)CCN1C(=O)OC(C)(C)C. The molecule has 1 heterocycles. The fourth-order valence-electron chi connectivity index (χ4n) is 1.97. The molecule has 6 heteroatoms. The topological polar surface area (TPSA) is 79.6 Å². The van der Waals surface area contributed by atoms with Crippen molar-refractivity contribution in [2.24, 2.45) is 5.92 Å². The van der Waals surface area contributed by atoms with Crippen LogP contribution in [0.2, 0.25) is 0 Å². The van der Waals surface area contributed by atoms with Gasteiger partial charge in [0.15, 0.2) is 0 Å². The first-order chi connectivity index (χ1) is 8.80. The van der Waals surface area contributed by atoms with Crippen molar-refractivity contribution in [2.45, 2.75) is 45.8 Å². The van der Waals surface area contributed by atoms with E-state index in [2.05, 4.69) is 6.07 Å². The Bertz CT molecular complexity index is 394. The second kappa shape index (κ2) is 5.91. The van der Waals surface area contributed by atoms with Crippen molar-refractivity contribution in [3.05, 3.63) is 0 Å². The fraction of sp³-hybridized carbons (Fsp3) is 0.769. The summed E-state index contributed by atoms with van der Waals surface area (Å²) in [5.74, 6) is -1.08. The van der Waals surface area contributed by atoms with Crippen LogP contribution in [-0.2, 0) is 14.3 Å². The molecular weight excluding hydrogens is 248 g/mol. The molecule has 6 nitrogen and oxygen atoms in total. The molecule has 0 saturated carbocycles. The van der Waals surface area contributed by atoms with Crippen molar-refractivity contribution in [3.8, 4) is 6.07 Å². The van der Waals surface area contributed by atoms with Crippen LogP contribution < -0.4 is 0 Å². The van der Waals surface area contributed by atoms with Crippen LogP contribution in [-0.4, -0.2) is 41.8 Å². The van der Waals surface area contributed by atoms with Gasteiger partial charge in [-0.15, -0.1) is 0 Å². The average Bonchev–Trinajstić information content (AvgIpc) is 2.70. The normalized spacial score (nSPS) is 22.8. The van der Waals surface area contributed by atoms with Crippen molar-refractivity contribution < 1.29 is 19.1 Å². The number of esters is 1. The summed E-state index contributed by atoms with van der Waals surface area (Å²) in [4.78, 5) is 25.2. The molecule has 0 bridgehead atoms. The summed E-state index contributed by atoms with van der Waals surface area (Å²) in [7, 11) is 0. The lowest BCUT2D eigenvalue weighted by atomic mass is 10.0. The molecule has 0 N–H and O–H groups in total. The molecule has 1 fully saturated rings. The lowest BCUT2D eigenvalue weighted by Gasteiger charge is -2.28. The second-order valence-corrected chi connectivity index (χ2v) is 5.39. The minimum Gasteiger partial charge on any atom is -0.464 e. The number of nitrogens with zero attached hydrogens (tertiary/aromatic N) is 2. The number of rotatable bonds is 2. The van der Waals surface area contributed by atoms with E-state index in [1.54, 1.807) is 27.7 Å². The van der Waals surface area contributed by atoms with E-state index in [0.29, 0.717) is 13.0 Å². The highest BCUT2D eigenvalue weighted by atomic mass is 16.6. The summed E-state index contributed by atoms with van der Waals surface area (Å²) in [6, 6.07) is 1.19. The molecular formula is C13H20N2O4. The van der Waals surface area contributed by atoms with Gasteiger partial charge in [-0.3, -0.25) is 4.90 Å². The van der Waals surface area contributed by atoms with E-state index >= 15 is 0 Å². The first-order valence-corrected chi connectivity index (χ1v) is 6.36. The van der Waals surface area contributed by atoms with Gasteiger partial charge in [-0.25, -0.2) is 9.59 Å². The van der Waals surface area contributed by atoms with E-state index in [0.717, 1.165) is 0 Å². The number of carbonyl (C=O) groups excluding carboxylic acids is 2. The Morgan fingerprint density at radius 2 is 2.05 bits per heavy atom. The molecule has 106 valence electrons. The van der Waals surface area contributed by atoms with Crippen molar-refractivity contribution in [1.29, 1.82) is 5.26 Å². The molecule has 0 aromatic heterocycles. The van der Waals surface area contributed by atoms with Crippen molar-refractivity contribution in [3.63, 3.8) is 0 Å². The van der Waals surface area contributed by atoms with Crippen LogP contribution in [0.3, 0.4) is 0 Å². The molecule has 1 aliphatic heterocycles. The van der Waals surface area contributed by atoms with E-state index < -0.39 is 29.6 Å². The van der Waals surface area contributed by atoms with Gasteiger partial charge in [-0.05, 0) is 34.1 Å². The van der Waals surface area contributed by atoms with Gasteiger partial charge in [0.1, 0.15) is 11.6 Å². The summed E-state index contributed by atoms with van der Waals surface area (Å²) >= 11 is 0. The number of ether oxygens (including phenoxy) is 2. The van der Waals surface area contributed by atoms with Crippen LogP contribution in [0.4, 0.5) is 4.79 Å². The number of hydrogen-bond donors (Lipinski definition) is 0. The van der Waals surface area contributed by atoms with Gasteiger partial charge in [0.25, 0.3) is 0 Å². The van der Waals surface area contributed by atoms with E-state index in [1.807, 2.05) is 0 Å². The molecule has 0 aliphatic carbocycles. The van der Waals surface area contributed by atoms with Gasteiger partial charge in [-0.2, -0.15) is 5.26 Å². The van der Waals surface area contributed by atoms with Crippen LogP contribution in [0.1, 0.15) is 34.1 Å². The van der Waals surface area contributed by atoms with E-state index in [4.69, 9.17) is 14.7 Å². The standard InChI is InChI=1S/C13H20N2O4/c1-5-18-11(16)10-9(8-14)6-7-15(10)12(17)19-13(2,3)4/h9-10H,5-7H2,1-4H3/t9-,10+/m0/s1. The summed E-state index contributed by atoms with van der Waals surface area (Å²) < 4.78 is 10.2. The molecule has 0 aromatic rings. The lowest BCUT2D eigenvalue weighted by Crippen LogP contribution is -2.46. The van der Waals surface area contributed by atoms with Crippen molar-refractivity contribution in [1.82, 2.24) is 4.90 Å². The van der Waals surface area contributed by atoms with Gasteiger partial charge in [-0.1, -0.05) is 0 Å². The third-order valence-corrected chi connectivity index (χ3v) is 2.72. The predicted octanol–water partition coefficient (Wildman–Crippen LogP) is 1.70. The van der Waals surface area contributed by atoms with Crippen LogP contribution in [0.25, 0.3) is 0 Å². The lowest BCUT2D eigenvalue weighted by molar-refractivity contribution is -0.149.